The normalized spacial score (nSPS) is 12.3. The maximum absolute atomic E-state index is 12.6. The first kappa shape index (κ1) is 26.0. The van der Waals surface area contributed by atoms with Crippen molar-refractivity contribution in [1.82, 2.24) is 5.32 Å². The minimum Gasteiger partial charge on any atom is -0.467 e. The molecule has 1 aromatic heterocycles. The minimum atomic E-state index is -0.915. The van der Waals surface area contributed by atoms with Crippen LogP contribution in [0.5, 0.6) is 0 Å². The van der Waals surface area contributed by atoms with Crippen LogP contribution in [0.25, 0.3) is 44.2 Å². The summed E-state index contributed by atoms with van der Waals surface area (Å²) in [5.74, 6) is -0.547. The van der Waals surface area contributed by atoms with Gasteiger partial charge in [0.05, 0.1) is 7.11 Å². The van der Waals surface area contributed by atoms with Crippen molar-refractivity contribution in [3.05, 3.63) is 96.6 Å². The van der Waals surface area contributed by atoms with E-state index in [9.17, 15) is 9.59 Å². The van der Waals surface area contributed by atoms with Crippen LogP contribution in [0.2, 0.25) is 0 Å². The van der Waals surface area contributed by atoms with Crippen molar-refractivity contribution in [3.8, 4) is 22.3 Å². The average Bonchev–Trinajstić information content (AvgIpc) is 3.30. The summed E-state index contributed by atoms with van der Waals surface area (Å²) in [7, 11) is 1.30. The Bertz CT molecular complexity index is 1650. The number of fused-ring (bicyclic) bond motifs is 3. The van der Waals surface area contributed by atoms with E-state index >= 15 is 0 Å². The lowest BCUT2D eigenvalue weighted by molar-refractivity contribution is -0.143. The monoisotopic (exact) mass is 521 g/mol. The lowest BCUT2D eigenvalue weighted by atomic mass is 9.90. The van der Waals surface area contributed by atoms with E-state index in [0.717, 1.165) is 49.8 Å². The number of amides is 1. The van der Waals surface area contributed by atoms with Gasteiger partial charge in [-0.25, -0.2) is 9.59 Å². The van der Waals surface area contributed by atoms with E-state index in [1.807, 2.05) is 60.7 Å². The Morgan fingerprint density at radius 1 is 0.821 bits per heavy atom. The van der Waals surface area contributed by atoms with Gasteiger partial charge in [-0.3, -0.25) is 0 Å². The molecule has 6 nitrogen and oxygen atoms in total. The van der Waals surface area contributed by atoms with Crippen LogP contribution in [0.3, 0.4) is 0 Å². The first-order valence-corrected chi connectivity index (χ1v) is 12.9. The molecular weight excluding hydrogens is 490 g/mol. The number of hydrogen-bond acceptors (Lipinski definition) is 5. The molecule has 0 saturated carbocycles. The van der Waals surface area contributed by atoms with Crippen LogP contribution in [0.4, 0.5) is 4.79 Å². The number of methoxy groups -OCH3 is 1. The van der Waals surface area contributed by atoms with Crippen LogP contribution in [-0.4, -0.2) is 30.8 Å². The molecule has 1 N–H and O–H groups in total. The van der Waals surface area contributed by atoms with Crippen molar-refractivity contribution in [1.29, 1.82) is 0 Å². The third kappa shape index (κ3) is 5.65. The molecule has 0 aliphatic rings. The molecule has 5 aromatic rings. The van der Waals surface area contributed by atoms with E-state index in [-0.39, 0.29) is 6.42 Å². The van der Waals surface area contributed by atoms with Crippen molar-refractivity contribution < 1.29 is 23.5 Å². The zero-order chi connectivity index (χ0) is 27.6. The highest BCUT2D eigenvalue weighted by atomic mass is 16.6. The molecule has 0 aliphatic heterocycles. The average molecular weight is 522 g/mol. The van der Waals surface area contributed by atoms with E-state index in [4.69, 9.17) is 13.9 Å². The summed E-state index contributed by atoms with van der Waals surface area (Å²) < 4.78 is 16.7. The number of nitrogens with one attached hydrogen (secondary N) is 1. The molecule has 39 heavy (non-hydrogen) atoms. The number of rotatable bonds is 6. The van der Waals surface area contributed by atoms with E-state index in [1.54, 1.807) is 20.8 Å². The van der Waals surface area contributed by atoms with Crippen LogP contribution in [-0.2, 0) is 20.7 Å². The van der Waals surface area contributed by atoms with E-state index < -0.39 is 23.7 Å². The van der Waals surface area contributed by atoms with Gasteiger partial charge in [-0.05, 0) is 49.1 Å². The highest BCUT2D eigenvalue weighted by molar-refractivity contribution is 6.10. The number of furan rings is 1. The number of para-hydroxylation sites is 2. The van der Waals surface area contributed by atoms with Gasteiger partial charge in [0, 0.05) is 22.8 Å². The Labute approximate surface area is 227 Å². The van der Waals surface area contributed by atoms with Gasteiger partial charge in [0.25, 0.3) is 0 Å². The highest BCUT2D eigenvalue weighted by Gasteiger charge is 2.26. The molecule has 1 heterocycles. The molecule has 0 bridgehead atoms. The zero-order valence-corrected chi connectivity index (χ0v) is 22.5. The largest absolute Gasteiger partial charge is 0.467 e. The number of carbonyl (C=O) groups is 2. The van der Waals surface area contributed by atoms with Crippen molar-refractivity contribution in [3.63, 3.8) is 0 Å². The number of hydrogen-bond donors (Lipinski definition) is 1. The first-order valence-electron chi connectivity index (χ1n) is 12.9. The molecule has 198 valence electrons. The second kappa shape index (κ2) is 10.7. The summed E-state index contributed by atoms with van der Waals surface area (Å²) in [5, 5.41) is 4.76. The second-order valence-corrected chi connectivity index (χ2v) is 10.5. The fraction of sp³-hybridized carbons (Fsp3) is 0.212. The second-order valence-electron chi connectivity index (χ2n) is 10.5. The summed E-state index contributed by atoms with van der Waals surface area (Å²) in [6, 6.07) is 29.4. The third-order valence-corrected chi connectivity index (χ3v) is 6.48. The summed E-state index contributed by atoms with van der Waals surface area (Å²) in [5.41, 5.74) is 5.77. The van der Waals surface area contributed by atoms with Crippen molar-refractivity contribution in [2.45, 2.75) is 38.8 Å². The molecule has 0 fully saturated rings. The van der Waals surface area contributed by atoms with Gasteiger partial charge >= 0.3 is 12.1 Å². The highest BCUT2D eigenvalue weighted by Crippen LogP contribution is 2.40. The summed E-state index contributed by atoms with van der Waals surface area (Å²) in [4.78, 5) is 25.1. The Morgan fingerprint density at radius 2 is 1.54 bits per heavy atom. The molecule has 0 radical (unpaired) electrons. The molecule has 4 aromatic carbocycles. The van der Waals surface area contributed by atoms with Gasteiger partial charge in [-0.1, -0.05) is 84.9 Å². The maximum atomic E-state index is 12.6. The summed E-state index contributed by atoms with van der Waals surface area (Å²) in [6.45, 7) is 5.31. The van der Waals surface area contributed by atoms with Gasteiger partial charge in [0.2, 0.25) is 0 Å². The van der Waals surface area contributed by atoms with Crippen LogP contribution in [0.15, 0.2) is 95.4 Å². The zero-order valence-electron chi connectivity index (χ0n) is 22.5. The van der Waals surface area contributed by atoms with Gasteiger partial charge in [0.15, 0.2) is 0 Å². The smallest absolute Gasteiger partial charge is 0.408 e. The SMILES string of the molecule is COC(=O)C(Cc1ccc(-c2ccccc2)c(-c2cccc3c2oc2ccccc23)c1)NC(=O)OC(C)(C)C. The molecule has 6 heteroatoms. The minimum absolute atomic E-state index is 0.226. The van der Waals surface area contributed by atoms with Crippen LogP contribution in [0.1, 0.15) is 26.3 Å². The Kier molecular flexibility index (Phi) is 7.11. The third-order valence-electron chi connectivity index (χ3n) is 6.48. The molecule has 0 aliphatic carbocycles. The standard InChI is InChI=1S/C33H31NO5/c1-33(2,3)39-32(36)34-28(31(35)37-4)20-21-17-18-23(22-11-6-5-7-12-22)27(19-21)26-15-10-14-25-24-13-8-9-16-29(24)38-30(25)26/h5-19,28H,20H2,1-4H3,(H,34,36). The lowest BCUT2D eigenvalue weighted by Crippen LogP contribution is -2.45. The fourth-order valence-corrected chi connectivity index (χ4v) is 4.79. The Balaban J connectivity index is 1.60. The molecule has 0 saturated heterocycles. The molecule has 0 spiro atoms. The van der Waals surface area contributed by atoms with Gasteiger partial charge in [-0.2, -0.15) is 0 Å². The number of esters is 1. The maximum Gasteiger partial charge on any atom is 0.408 e. The van der Waals surface area contributed by atoms with Gasteiger partial charge in [0.1, 0.15) is 22.8 Å². The van der Waals surface area contributed by atoms with E-state index in [0.29, 0.717) is 0 Å². The number of carbonyl (C=O) groups excluding carboxylic acids is 2. The predicted molar refractivity (Wildman–Crippen MR) is 153 cm³/mol. The van der Waals surface area contributed by atoms with Crippen molar-refractivity contribution in [2.24, 2.45) is 0 Å². The quantitative estimate of drug-likeness (QED) is 0.234. The number of alkyl carbamates (subject to hydrolysis) is 1. The molecule has 1 atom stereocenters. The Hall–Kier alpha value is -4.58. The van der Waals surface area contributed by atoms with Gasteiger partial charge < -0.3 is 19.2 Å². The van der Waals surface area contributed by atoms with E-state index in [2.05, 4.69) is 35.6 Å². The lowest BCUT2D eigenvalue weighted by Gasteiger charge is -2.23. The fourth-order valence-electron chi connectivity index (χ4n) is 4.79. The summed E-state index contributed by atoms with van der Waals surface area (Å²) in [6.07, 6.45) is -0.449. The molecule has 1 amide bonds. The number of ether oxygens (including phenoxy) is 2. The molecular formula is C33H31NO5. The molecule has 1 unspecified atom stereocenters. The first-order chi connectivity index (χ1) is 18.7. The van der Waals surface area contributed by atoms with E-state index in [1.165, 1.54) is 7.11 Å². The predicted octanol–water partition coefficient (Wildman–Crippen LogP) is 7.53. The van der Waals surface area contributed by atoms with Crippen LogP contribution < -0.4 is 5.32 Å². The van der Waals surface area contributed by atoms with Gasteiger partial charge in [-0.15, -0.1) is 0 Å². The molecule has 5 rings (SSSR count). The van der Waals surface area contributed by atoms with Crippen LogP contribution >= 0.6 is 0 Å². The Morgan fingerprint density at radius 3 is 2.28 bits per heavy atom. The summed E-state index contributed by atoms with van der Waals surface area (Å²) >= 11 is 0. The van der Waals surface area contributed by atoms with Crippen molar-refractivity contribution >= 4 is 34.0 Å². The van der Waals surface area contributed by atoms with Crippen molar-refractivity contribution in [2.75, 3.05) is 7.11 Å². The topological polar surface area (TPSA) is 77.8 Å². The number of benzene rings is 4. The van der Waals surface area contributed by atoms with Crippen LogP contribution in [0, 0.1) is 0 Å².